The van der Waals surface area contributed by atoms with Crippen LogP contribution in [0.1, 0.15) is 41.5 Å². The molecule has 11 heteroatoms. The molecule has 1 rings (SSSR count). The van der Waals surface area contributed by atoms with Crippen molar-refractivity contribution < 1.29 is 28.7 Å². The van der Waals surface area contributed by atoms with E-state index in [0.29, 0.717) is 0 Å². The molecule has 0 aliphatic carbocycles. The molecule has 0 bridgehead atoms. The first-order valence-corrected chi connectivity index (χ1v) is 11.7. The van der Waals surface area contributed by atoms with Crippen molar-refractivity contribution in [2.45, 2.75) is 53.2 Å². The highest BCUT2D eigenvalue weighted by Crippen LogP contribution is 2.25. The zero-order valence-electron chi connectivity index (χ0n) is 20.7. The van der Waals surface area contributed by atoms with Gasteiger partial charge in [-0.15, -0.1) is 0 Å². The summed E-state index contributed by atoms with van der Waals surface area (Å²) >= 11 is 3.29. The predicted molar refractivity (Wildman–Crippen MR) is 131 cm³/mol. The molecule has 1 N–H and O–H groups in total. The minimum atomic E-state index is -1.33. The van der Waals surface area contributed by atoms with Gasteiger partial charge in [0.25, 0.3) is 0 Å². The number of halogens is 1. The van der Waals surface area contributed by atoms with Crippen molar-refractivity contribution in [3.63, 3.8) is 0 Å². The summed E-state index contributed by atoms with van der Waals surface area (Å²) in [5.41, 5.74) is -0.712. The maximum absolute atomic E-state index is 13.4. The van der Waals surface area contributed by atoms with Crippen LogP contribution in [0.3, 0.4) is 0 Å². The lowest BCUT2D eigenvalue weighted by molar-refractivity contribution is -0.146. The molecule has 0 fully saturated rings. The highest BCUT2D eigenvalue weighted by molar-refractivity contribution is 9.10. The van der Waals surface area contributed by atoms with E-state index in [1.165, 1.54) is 19.2 Å². The van der Waals surface area contributed by atoms with Crippen LogP contribution in [0.25, 0.3) is 0 Å². The summed E-state index contributed by atoms with van der Waals surface area (Å²) in [4.78, 5) is 51.5. The molecular weight excluding hydrogens is 510 g/mol. The van der Waals surface area contributed by atoms with Crippen LogP contribution in [-0.2, 0) is 23.9 Å². The van der Waals surface area contributed by atoms with Gasteiger partial charge in [0.05, 0.1) is 13.7 Å². The molecule has 2 unspecified atom stereocenters. The van der Waals surface area contributed by atoms with Gasteiger partial charge >= 0.3 is 18.0 Å². The molecule has 0 aliphatic rings. The van der Waals surface area contributed by atoms with Crippen LogP contribution in [0.4, 0.5) is 10.5 Å². The second-order valence-corrected chi connectivity index (χ2v) is 9.99. The van der Waals surface area contributed by atoms with Crippen LogP contribution in [0.5, 0.6) is 0 Å². The summed E-state index contributed by atoms with van der Waals surface area (Å²) in [5.74, 6) is -2.47. The van der Waals surface area contributed by atoms with E-state index in [0.717, 1.165) is 9.37 Å². The second kappa shape index (κ2) is 12.3. The number of amides is 3. The van der Waals surface area contributed by atoms with Crippen molar-refractivity contribution >= 4 is 45.5 Å². The molecule has 10 nitrogen and oxygen atoms in total. The van der Waals surface area contributed by atoms with Crippen LogP contribution in [-0.4, -0.2) is 67.2 Å². The third-order valence-electron chi connectivity index (χ3n) is 4.84. The number of nitrogens with zero attached hydrogens (tertiary/aromatic N) is 2. The molecule has 190 valence electrons. The molecule has 0 saturated carbocycles. The first-order valence-electron chi connectivity index (χ1n) is 10.9. The number of benzene rings is 1. The second-order valence-electron chi connectivity index (χ2n) is 9.07. The van der Waals surface area contributed by atoms with E-state index in [9.17, 15) is 24.4 Å². The van der Waals surface area contributed by atoms with Gasteiger partial charge in [0, 0.05) is 16.6 Å². The number of carbonyl (C=O) groups excluding carboxylic acids is 4. The highest BCUT2D eigenvalue weighted by atomic mass is 79.9. The SMILES string of the molecule is CC[N+]([O-])(C(=O)CN(CC(=O)NC(C(=O)OC)C(C)C)C(=O)OC(C)(C)C)c1ccc(Br)cc1. The van der Waals surface area contributed by atoms with Gasteiger partial charge in [0.1, 0.15) is 30.4 Å². The van der Waals surface area contributed by atoms with Gasteiger partial charge in [-0.25, -0.2) is 14.4 Å². The van der Waals surface area contributed by atoms with Crippen molar-refractivity contribution in [2.75, 3.05) is 26.7 Å². The average Bonchev–Trinajstić information content (AvgIpc) is 2.74. The molecule has 0 saturated heterocycles. The Morgan fingerprint density at radius 2 is 1.68 bits per heavy atom. The van der Waals surface area contributed by atoms with E-state index in [-0.39, 0.29) is 18.2 Å². The number of nitrogens with one attached hydrogen (secondary N) is 1. The fraction of sp³-hybridized carbons (Fsp3) is 0.565. The van der Waals surface area contributed by atoms with Gasteiger partial charge < -0.3 is 20.0 Å². The molecule has 0 heterocycles. The normalized spacial score (nSPS) is 14.1. The number of hydroxylamine groups is 2. The summed E-state index contributed by atoms with van der Waals surface area (Å²) in [6.07, 6.45) is -0.936. The average molecular weight is 544 g/mol. The molecule has 1 aromatic carbocycles. The first-order chi connectivity index (χ1) is 15.6. The lowest BCUT2D eigenvalue weighted by Crippen LogP contribution is -2.56. The quantitative estimate of drug-likeness (QED) is 0.287. The Kier molecular flexibility index (Phi) is 10.7. The Morgan fingerprint density at radius 1 is 1.12 bits per heavy atom. The Morgan fingerprint density at radius 3 is 2.12 bits per heavy atom. The van der Waals surface area contributed by atoms with Crippen LogP contribution in [0.15, 0.2) is 28.7 Å². The summed E-state index contributed by atoms with van der Waals surface area (Å²) in [5, 5.41) is 16.0. The number of methoxy groups -OCH3 is 1. The van der Waals surface area contributed by atoms with E-state index in [4.69, 9.17) is 9.47 Å². The Balaban J connectivity index is 3.17. The van der Waals surface area contributed by atoms with Crippen molar-refractivity contribution in [1.29, 1.82) is 0 Å². The number of ether oxygens (including phenoxy) is 2. The summed E-state index contributed by atoms with van der Waals surface area (Å²) in [6.45, 7) is 8.54. The third-order valence-corrected chi connectivity index (χ3v) is 5.37. The van der Waals surface area contributed by atoms with Gasteiger partial charge in [-0.2, -0.15) is 0 Å². The minimum absolute atomic E-state index is 0.118. The Hall–Kier alpha value is -2.50. The Labute approximate surface area is 208 Å². The topological polar surface area (TPSA) is 125 Å². The smallest absolute Gasteiger partial charge is 0.411 e. The summed E-state index contributed by atoms with van der Waals surface area (Å²) in [7, 11) is 1.20. The molecule has 34 heavy (non-hydrogen) atoms. The van der Waals surface area contributed by atoms with Crippen molar-refractivity contribution in [1.82, 2.24) is 14.9 Å². The monoisotopic (exact) mass is 543 g/mol. The van der Waals surface area contributed by atoms with E-state index in [1.54, 1.807) is 53.7 Å². The first kappa shape index (κ1) is 29.5. The van der Waals surface area contributed by atoms with Gasteiger partial charge in [-0.3, -0.25) is 14.3 Å². The van der Waals surface area contributed by atoms with Gasteiger partial charge in [-0.1, -0.05) is 29.8 Å². The molecule has 2 atom stereocenters. The van der Waals surface area contributed by atoms with Crippen LogP contribution in [0, 0.1) is 11.1 Å². The van der Waals surface area contributed by atoms with Crippen molar-refractivity contribution in [3.8, 4) is 0 Å². The molecule has 0 aliphatic heterocycles. The van der Waals surface area contributed by atoms with Gasteiger partial charge in [0.2, 0.25) is 5.91 Å². The van der Waals surface area contributed by atoms with Crippen LogP contribution >= 0.6 is 15.9 Å². The zero-order valence-corrected chi connectivity index (χ0v) is 22.3. The molecule has 1 aromatic rings. The molecule has 3 amide bonds. The van der Waals surface area contributed by atoms with E-state index in [1.807, 2.05) is 0 Å². The molecule has 0 spiro atoms. The maximum Gasteiger partial charge on any atom is 0.411 e. The molecule has 0 radical (unpaired) electrons. The lowest BCUT2D eigenvalue weighted by atomic mass is 10.0. The molecular formula is C23H34BrN3O7. The maximum atomic E-state index is 13.4. The number of rotatable bonds is 9. The fourth-order valence-corrected chi connectivity index (χ4v) is 3.26. The highest BCUT2D eigenvalue weighted by Gasteiger charge is 2.35. The number of carbonyl (C=O) groups is 4. The fourth-order valence-electron chi connectivity index (χ4n) is 2.99. The largest absolute Gasteiger partial charge is 0.620 e. The number of likely N-dealkylation sites (N-methyl/N-ethyl adjacent to an activating group) is 1. The van der Waals surface area contributed by atoms with Crippen LogP contribution < -0.4 is 9.96 Å². The number of hydrogen-bond acceptors (Lipinski definition) is 7. The van der Waals surface area contributed by atoms with Crippen molar-refractivity contribution in [2.24, 2.45) is 5.92 Å². The molecule has 0 aromatic heterocycles. The predicted octanol–water partition coefficient (Wildman–Crippen LogP) is 3.35. The third kappa shape index (κ3) is 8.37. The number of hydrogen-bond donors (Lipinski definition) is 1. The van der Waals surface area contributed by atoms with E-state index in [2.05, 4.69) is 21.2 Å². The number of quaternary nitrogens is 1. The summed E-state index contributed by atoms with van der Waals surface area (Å²) < 4.78 is 9.46. The zero-order chi connectivity index (χ0) is 26.3. The van der Waals surface area contributed by atoms with Crippen molar-refractivity contribution in [3.05, 3.63) is 33.9 Å². The standard InChI is InChI=1S/C23H34BrN3O7/c1-8-27(32,17-11-9-16(24)10-12-17)19(29)14-26(22(31)34-23(4,5)6)13-18(28)25-20(15(2)3)21(30)33-7/h9-12,15,20H,8,13-14H2,1-7H3,(H,25,28). The van der Waals surface area contributed by atoms with Gasteiger partial charge in [-0.05, 0) is 45.7 Å². The number of esters is 1. The van der Waals surface area contributed by atoms with Crippen LogP contribution in [0.2, 0.25) is 0 Å². The van der Waals surface area contributed by atoms with Gasteiger partial charge in [0.15, 0.2) is 0 Å². The Bertz CT molecular complexity index is 884. The lowest BCUT2D eigenvalue weighted by Gasteiger charge is -2.39. The summed E-state index contributed by atoms with van der Waals surface area (Å²) in [6, 6.07) is 5.38. The van der Waals surface area contributed by atoms with E-state index < -0.39 is 53.3 Å². The minimum Gasteiger partial charge on any atom is -0.620 e. The van der Waals surface area contributed by atoms with E-state index >= 15 is 0 Å².